The lowest BCUT2D eigenvalue weighted by Crippen LogP contribution is -2.07. The van der Waals surface area contributed by atoms with Gasteiger partial charge in [-0.3, -0.25) is 9.59 Å². The second-order valence-electron chi connectivity index (χ2n) is 5.99. The Hall–Kier alpha value is -1.92. The summed E-state index contributed by atoms with van der Waals surface area (Å²) in [6.45, 7) is 2.86. The van der Waals surface area contributed by atoms with Crippen LogP contribution in [0.15, 0.2) is 48.5 Å². The van der Waals surface area contributed by atoms with Gasteiger partial charge in [0.25, 0.3) is 0 Å². The number of hydrogen-bond donors (Lipinski definition) is 0. The van der Waals surface area contributed by atoms with E-state index in [9.17, 15) is 9.59 Å². The number of benzene rings is 2. The molecule has 4 aliphatic heterocycles. The molecule has 4 heterocycles. The zero-order valence-corrected chi connectivity index (χ0v) is 16.3. The Morgan fingerprint density at radius 1 is 0.731 bits per heavy atom. The Labute approximate surface area is 161 Å². The van der Waals surface area contributed by atoms with Crippen molar-refractivity contribution < 1.29 is 19.1 Å². The number of thioether (sulfide) groups is 2. The summed E-state index contributed by atoms with van der Waals surface area (Å²) in [5, 5.41) is 0. The number of esters is 2. The molecule has 2 aromatic carbocycles. The highest BCUT2D eigenvalue weighted by molar-refractivity contribution is 7.98. The predicted octanol–water partition coefficient (Wildman–Crippen LogP) is 4.99. The number of carbonyl (C=O) groups is 2. The van der Waals surface area contributed by atoms with Crippen molar-refractivity contribution in [3.05, 3.63) is 70.8 Å². The van der Waals surface area contributed by atoms with E-state index in [0.29, 0.717) is 11.5 Å². The Morgan fingerprint density at radius 2 is 1.08 bits per heavy atom. The molecule has 0 aromatic heterocycles. The van der Waals surface area contributed by atoms with Gasteiger partial charge in [-0.25, -0.2) is 0 Å². The number of rotatable bonds is 2. The van der Waals surface area contributed by atoms with Gasteiger partial charge in [0.15, 0.2) is 10.9 Å². The third-order valence-electron chi connectivity index (χ3n) is 3.85. The summed E-state index contributed by atoms with van der Waals surface area (Å²) in [6, 6.07) is 16.1. The molecule has 0 aliphatic carbocycles. The van der Waals surface area contributed by atoms with Crippen LogP contribution >= 0.6 is 23.5 Å². The molecule has 6 rings (SSSR count). The van der Waals surface area contributed by atoms with Gasteiger partial charge in [0.2, 0.25) is 0 Å². The van der Waals surface area contributed by atoms with Crippen LogP contribution in [0.3, 0.4) is 0 Å². The predicted molar refractivity (Wildman–Crippen MR) is 104 cm³/mol. The van der Waals surface area contributed by atoms with Crippen LogP contribution in [0, 0.1) is 0 Å². The fourth-order valence-electron chi connectivity index (χ4n) is 2.58. The van der Waals surface area contributed by atoms with Gasteiger partial charge in [-0.1, -0.05) is 48.5 Å². The summed E-state index contributed by atoms with van der Waals surface area (Å²) in [5.41, 5.74) is 3.51. The van der Waals surface area contributed by atoms with Gasteiger partial charge >= 0.3 is 11.9 Å². The minimum atomic E-state index is -0.328. The first-order valence-corrected chi connectivity index (χ1v) is 10.4. The summed E-state index contributed by atoms with van der Waals surface area (Å²) in [5.74, 6) is 0.849. The summed E-state index contributed by atoms with van der Waals surface area (Å²) < 4.78 is 11.0. The van der Waals surface area contributed by atoms with Crippen molar-refractivity contribution in [2.75, 3.05) is 0 Å². The van der Waals surface area contributed by atoms with E-state index in [0.717, 1.165) is 22.3 Å². The standard InChI is InChI=1S/C20H20O4S2/c1-13(21)23-19-17-7-3-16(4-8-17)12-26-20(24-14(2)22)18-9-5-15(6-10-18)11-25-19/h3-10,19-20H,11-12H2,1-2H3. The van der Waals surface area contributed by atoms with Crippen molar-refractivity contribution in [1.29, 1.82) is 0 Å². The van der Waals surface area contributed by atoms with Crippen LogP contribution in [-0.2, 0) is 30.6 Å². The van der Waals surface area contributed by atoms with E-state index in [1.807, 2.05) is 48.5 Å². The van der Waals surface area contributed by atoms with Crippen molar-refractivity contribution in [3.63, 3.8) is 0 Å². The van der Waals surface area contributed by atoms with E-state index < -0.39 is 0 Å². The van der Waals surface area contributed by atoms with Gasteiger partial charge in [0.1, 0.15) is 0 Å². The van der Waals surface area contributed by atoms with E-state index in [1.54, 1.807) is 23.5 Å². The van der Waals surface area contributed by atoms with E-state index in [2.05, 4.69) is 0 Å². The minimum Gasteiger partial charge on any atom is -0.446 e. The topological polar surface area (TPSA) is 52.6 Å². The van der Waals surface area contributed by atoms with Crippen LogP contribution in [0.1, 0.15) is 47.0 Å². The van der Waals surface area contributed by atoms with Crippen molar-refractivity contribution in [1.82, 2.24) is 0 Å². The van der Waals surface area contributed by atoms with Crippen LogP contribution in [-0.4, -0.2) is 11.9 Å². The molecule has 0 radical (unpaired) electrons. The fourth-order valence-corrected chi connectivity index (χ4v) is 4.76. The molecule has 2 unspecified atom stereocenters. The van der Waals surface area contributed by atoms with Crippen LogP contribution in [0.5, 0.6) is 0 Å². The van der Waals surface area contributed by atoms with Crippen molar-refractivity contribution >= 4 is 35.5 Å². The number of ether oxygens (including phenoxy) is 2. The van der Waals surface area contributed by atoms with Gasteiger partial charge in [-0.2, -0.15) is 0 Å². The minimum absolute atomic E-state index is 0.289. The van der Waals surface area contributed by atoms with E-state index in [-0.39, 0.29) is 22.8 Å². The molecule has 2 atom stereocenters. The van der Waals surface area contributed by atoms with Crippen LogP contribution in [0.25, 0.3) is 0 Å². The highest BCUT2D eigenvalue weighted by atomic mass is 32.2. The normalized spacial score (nSPS) is 19.6. The average Bonchev–Trinajstić information content (AvgIpc) is 2.62. The van der Waals surface area contributed by atoms with Gasteiger partial charge in [-0.05, 0) is 11.1 Å². The Morgan fingerprint density at radius 3 is 1.38 bits per heavy atom. The first kappa shape index (κ1) is 18.9. The second kappa shape index (κ2) is 8.64. The molecule has 0 saturated carbocycles. The number of hydrogen-bond acceptors (Lipinski definition) is 6. The second-order valence-corrected chi connectivity index (χ2v) is 8.09. The molecule has 4 bridgehead atoms. The summed E-state index contributed by atoms with van der Waals surface area (Å²) in [7, 11) is 0. The Balaban J connectivity index is 1.90. The molecule has 26 heavy (non-hydrogen) atoms. The van der Waals surface area contributed by atoms with Gasteiger partial charge in [-0.15, -0.1) is 23.5 Å². The lowest BCUT2D eigenvalue weighted by atomic mass is 10.1. The molecule has 136 valence electrons. The van der Waals surface area contributed by atoms with E-state index in [1.165, 1.54) is 13.8 Å². The highest BCUT2D eigenvalue weighted by Gasteiger charge is 2.19. The zero-order chi connectivity index (χ0) is 18.5. The molecular formula is C20H20O4S2. The van der Waals surface area contributed by atoms with Gasteiger partial charge in [0, 0.05) is 36.5 Å². The largest absolute Gasteiger partial charge is 0.446 e. The highest BCUT2D eigenvalue weighted by Crippen LogP contribution is 2.37. The van der Waals surface area contributed by atoms with Crippen LogP contribution in [0.4, 0.5) is 0 Å². The first-order chi connectivity index (χ1) is 12.5. The molecule has 0 amide bonds. The molecule has 0 spiro atoms. The van der Waals surface area contributed by atoms with Gasteiger partial charge in [0.05, 0.1) is 0 Å². The smallest absolute Gasteiger partial charge is 0.304 e. The van der Waals surface area contributed by atoms with Crippen molar-refractivity contribution in [3.8, 4) is 0 Å². The molecule has 4 nitrogen and oxygen atoms in total. The molecule has 0 fully saturated rings. The van der Waals surface area contributed by atoms with E-state index in [4.69, 9.17) is 9.47 Å². The van der Waals surface area contributed by atoms with Crippen LogP contribution in [0.2, 0.25) is 0 Å². The molecule has 0 N–H and O–H groups in total. The maximum Gasteiger partial charge on any atom is 0.304 e. The monoisotopic (exact) mass is 388 g/mol. The Kier molecular flexibility index (Phi) is 6.27. The molecule has 0 saturated heterocycles. The SMILES string of the molecule is CC(=O)OC1SCc2ccc(cc2)C(OC(C)=O)SCc2ccc1cc2. The maximum absolute atomic E-state index is 11.5. The summed E-state index contributed by atoms with van der Waals surface area (Å²) >= 11 is 3.14. The number of carbonyl (C=O) groups excluding carboxylic acids is 2. The average molecular weight is 389 g/mol. The Bertz CT molecular complexity index is 704. The van der Waals surface area contributed by atoms with Gasteiger partial charge < -0.3 is 9.47 Å². The third-order valence-corrected chi connectivity index (χ3v) is 6.19. The molecule has 2 aromatic rings. The quantitative estimate of drug-likeness (QED) is 0.676. The lowest BCUT2D eigenvalue weighted by molar-refractivity contribution is -0.143. The molecular weight excluding hydrogens is 368 g/mol. The summed E-state index contributed by atoms with van der Waals surface area (Å²) in [6.07, 6.45) is 0. The molecule has 4 aliphatic rings. The fraction of sp³-hybridized carbons (Fsp3) is 0.300. The van der Waals surface area contributed by atoms with Crippen molar-refractivity contribution in [2.24, 2.45) is 0 Å². The molecule has 6 heteroatoms. The third kappa shape index (κ3) is 5.05. The summed E-state index contributed by atoms with van der Waals surface area (Å²) in [4.78, 5) is 22.9. The van der Waals surface area contributed by atoms with Crippen LogP contribution < -0.4 is 0 Å². The zero-order valence-electron chi connectivity index (χ0n) is 14.6. The lowest BCUT2D eigenvalue weighted by Gasteiger charge is -2.20. The van der Waals surface area contributed by atoms with Crippen molar-refractivity contribution in [2.45, 2.75) is 36.2 Å². The maximum atomic E-state index is 11.5. The first-order valence-electron chi connectivity index (χ1n) is 8.26. The van der Waals surface area contributed by atoms with E-state index >= 15 is 0 Å².